The molecule has 1 aliphatic rings. The second-order valence-electron chi connectivity index (χ2n) is 9.11. The highest BCUT2D eigenvalue weighted by Crippen LogP contribution is 2.29. The maximum absolute atomic E-state index is 13.6. The number of carbonyl (C=O) groups excluding carboxylic acids is 1. The van der Waals surface area contributed by atoms with E-state index in [4.69, 9.17) is 14.3 Å². The number of benzene rings is 3. The predicted octanol–water partition coefficient (Wildman–Crippen LogP) is 2.71. The summed E-state index contributed by atoms with van der Waals surface area (Å²) >= 11 is 0. The second kappa shape index (κ2) is 12.5. The van der Waals surface area contributed by atoms with Crippen LogP contribution in [0, 0.1) is 0 Å². The Bertz CT molecular complexity index is 1170. The first-order valence-electron chi connectivity index (χ1n) is 12.2. The molecule has 2 unspecified atom stereocenters. The van der Waals surface area contributed by atoms with Crippen molar-refractivity contribution in [1.82, 2.24) is 5.32 Å². The quantitative estimate of drug-likeness (QED) is 0.329. The first kappa shape index (κ1) is 26.4. The van der Waals surface area contributed by atoms with E-state index in [1.807, 2.05) is 84.9 Å². The molecule has 4 rings (SSSR count). The van der Waals surface area contributed by atoms with Crippen LogP contribution in [0.25, 0.3) is 0 Å². The molecule has 1 amide bonds. The zero-order chi connectivity index (χ0) is 26.1. The van der Waals surface area contributed by atoms with Crippen LogP contribution < -0.4 is 10.1 Å². The maximum Gasteiger partial charge on any atom is 0.475 e. The first-order chi connectivity index (χ1) is 18.0. The van der Waals surface area contributed by atoms with E-state index in [1.54, 1.807) is 7.11 Å². The van der Waals surface area contributed by atoms with Crippen LogP contribution in [-0.2, 0) is 33.8 Å². The van der Waals surface area contributed by atoms with Gasteiger partial charge in [-0.15, -0.1) is 0 Å². The van der Waals surface area contributed by atoms with Crippen LogP contribution in [0.15, 0.2) is 90.1 Å². The van der Waals surface area contributed by atoms with Gasteiger partial charge in [0.05, 0.1) is 32.0 Å². The minimum atomic E-state index is -1.74. The molecular formula is C28H31BN2O6. The molecule has 0 fully saturated rings. The van der Waals surface area contributed by atoms with Gasteiger partial charge in [0.1, 0.15) is 5.75 Å². The SMILES string of the molecule is COc1ccc(COCC2=NOC(Cc3ccccc3)(C(=O)NC(Cc3ccccc3)B(O)O)C2)cc1. The highest BCUT2D eigenvalue weighted by Gasteiger charge is 2.48. The van der Waals surface area contributed by atoms with Gasteiger partial charge < -0.3 is 29.7 Å². The summed E-state index contributed by atoms with van der Waals surface area (Å²) in [5, 5.41) is 27.0. The molecule has 3 aromatic rings. The van der Waals surface area contributed by atoms with Crippen molar-refractivity contribution in [2.75, 3.05) is 13.7 Å². The van der Waals surface area contributed by atoms with E-state index >= 15 is 0 Å². The number of hydrogen-bond acceptors (Lipinski definition) is 7. The van der Waals surface area contributed by atoms with Crippen LogP contribution in [0.3, 0.4) is 0 Å². The maximum atomic E-state index is 13.6. The molecule has 0 saturated carbocycles. The van der Waals surface area contributed by atoms with Crippen molar-refractivity contribution in [3.8, 4) is 5.75 Å². The van der Waals surface area contributed by atoms with Crippen molar-refractivity contribution in [3.05, 3.63) is 102 Å². The van der Waals surface area contributed by atoms with Gasteiger partial charge in [-0.05, 0) is 35.2 Å². The zero-order valence-electron chi connectivity index (χ0n) is 20.7. The Morgan fingerprint density at radius 2 is 1.62 bits per heavy atom. The minimum Gasteiger partial charge on any atom is -0.497 e. The van der Waals surface area contributed by atoms with Gasteiger partial charge in [-0.2, -0.15) is 0 Å². The average molecular weight is 502 g/mol. The molecule has 37 heavy (non-hydrogen) atoms. The number of hydrogen-bond donors (Lipinski definition) is 3. The molecule has 3 N–H and O–H groups in total. The Morgan fingerprint density at radius 3 is 2.24 bits per heavy atom. The average Bonchev–Trinajstić information content (AvgIpc) is 3.33. The zero-order valence-corrected chi connectivity index (χ0v) is 20.7. The Kier molecular flexibility index (Phi) is 8.95. The molecule has 3 aromatic carbocycles. The van der Waals surface area contributed by atoms with Crippen LogP contribution in [0.2, 0.25) is 0 Å². The van der Waals surface area contributed by atoms with E-state index in [9.17, 15) is 14.8 Å². The molecule has 1 aliphatic heterocycles. The summed E-state index contributed by atoms with van der Waals surface area (Å²) in [6.45, 7) is 0.572. The second-order valence-corrected chi connectivity index (χ2v) is 9.11. The van der Waals surface area contributed by atoms with Gasteiger partial charge in [0, 0.05) is 12.8 Å². The van der Waals surface area contributed by atoms with Gasteiger partial charge in [-0.3, -0.25) is 4.79 Å². The molecule has 0 radical (unpaired) electrons. The topological polar surface area (TPSA) is 110 Å². The van der Waals surface area contributed by atoms with E-state index in [2.05, 4.69) is 10.5 Å². The van der Waals surface area contributed by atoms with Crippen molar-refractivity contribution in [2.45, 2.75) is 37.4 Å². The van der Waals surface area contributed by atoms with Crippen LogP contribution in [0.1, 0.15) is 23.1 Å². The van der Waals surface area contributed by atoms with Crippen LogP contribution in [0.4, 0.5) is 0 Å². The summed E-state index contributed by atoms with van der Waals surface area (Å²) in [6, 6.07) is 26.4. The van der Waals surface area contributed by atoms with Gasteiger partial charge in [-0.25, -0.2) is 0 Å². The summed E-state index contributed by atoms with van der Waals surface area (Å²) in [6.07, 6.45) is 0.741. The Hall–Kier alpha value is -3.66. The van der Waals surface area contributed by atoms with E-state index < -0.39 is 24.6 Å². The van der Waals surface area contributed by atoms with E-state index in [-0.39, 0.29) is 25.9 Å². The predicted molar refractivity (Wildman–Crippen MR) is 141 cm³/mol. The monoisotopic (exact) mass is 502 g/mol. The van der Waals surface area contributed by atoms with Gasteiger partial charge in [0.15, 0.2) is 0 Å². The number of oxime groups is 1. The third-order valence-corrected chi connectivity index (χ3v) is 6.26. The molecule has 0 saturated heterocycles. The number of nitrogens with zero attached hydrogens (tertiary/aromatic N) is 1. The van der Waals surface area contributed by atoms with Gasteiger partial charge in [0.2, 0.25) is 5.60 Å². The highest BCUT2D eigenvalue weighted by molar-refractivity contribution is 6.43. The lowest BCUT2D eigenvalue weighted by Crippen LogP contribution is -2.56. The summed E-state index contributed by atoms with van der Waals surface area (Å²) in [5.41, 5.74) is 2.02. The Balaban J connectivity index is 1.43. The standard InChI is InChI=1S/C28H31BN2O6/c1-35-25-14-12-23(13-15-25)19-36-20-24-18-28(37-31-24,17-22-10-6-3-7-11-22)27(32)30-26(29(33)34)16-21-8-4-2-5-9-21/h2-15,26,33-34H,16-20H2,1H3,(H,30,32). The summed E-state index contributed by atoms with van der Waals surface area (Å²) in [5.74, 6) is -0.603. The summed E-state index contributed by atoms with van der Waals surface area (Å²) in [4.78, 5) is 19.4. The fraction of sp³-hybridized carbons (Fsp3) is 0.286. The van der Waals surface area contributed by atoms with Gasteiger partial charge in [-0.1, -0.05) is 78.0 Å². The third kappa shape index (κ3) is 7.19. The minimum absolute atomic E-state index is 0.200. The molecule has 192 valence electrons. The molecule has 0 aromatic heterocycles. The number of nitrogens with one attached hydrogen (secondary N) is 1. The van der Waals surface area contributed by atoms with Crippen molar-refractivity contribution >= 4 is 18.7 Å². The molecule has 2 atom stereocenters. The van der Waals surface area contributed by atoms with E-state index in [1.165, 1.54) is 0 Å². The fourth-order valence-corrected chi connectivity index (χ4v) is 4.25. The number of rotatable bonds is 12. The number of ether oxygens (including phenoxy) is 2. The Labute approximate surface area is 217 Å². The largest absolute Gasteiger partial charge is 0.497 e. The van der Waals surface area contributed by atoms with E-state index in [0.29, 0.717) is 12.3 Å². The molecular weight excluding hydrogens is 471 g/mol. The van der Waals surface area contributed by atoms with Crippen molar-refractivity contribution in [1.29, 1.82) is 0 Å². The van der Waals surface area contributed by atoms with Crippen molar-refractivity contribution in [2.24, 2.45) is 5.16 Å². The third-order valence-electron chi connectivity index (χ3n) is 6.26. The molecule has 0 aliphatic carbocycles. The molecule has 9 heteroatoms. The number of carbonyl (C=O) groups is 1. The van der Waals surface area contributed by atoms with E-state index in [0.717, 1.165) is 22.4 Å². The Morgan fingerprint density at radius 1 is 0.973 bits per heavy atom. The number of amides is 1. The molecule has 0 spiro atoms. The lowest BCUT2D eigenvalue weighted by molar-refractivity contribution is -0.144. The van der Waals surface area contributed by atoms with Gasteiger partial charge >= 0.3 is 7.12 Å². The summed E-state index contributed by atoms with van der Waals surface area (Å²) in [7, 11) is -0.125. The van der Waals surface area contributed by atoms with Crippen molar-refractivity contribution in [3.63, 3.8) is 0 Å². The molecule has 0 bridgehead atoms. The normalized spacial score (nSPS) is 17.4. The lowest BCUT2D eigenvalue weighted by atomic mass is 9.75. The molecule has 1 heterocycles. The smallest absolute Gasteiger partial charge is 0.475 e. The summed E-state index contributed by atoms with van der Waals surface area (Å²) < 4.78 is 11.0. The number of methoxy groups -OCH3 is 1. The van der Waals surface area contributed by atoms with Gasteiger partial charge in [0.25, 0.3) is 5.91 Å². The van der Waals surface area contributed by atoms with Crippen LogP contribution in [0.5, 0.6) is 5.75 Å². The highest BCUT2D eigenvalue weighted by atomic mass is 16.7. The first-order valence-corrected chi connectivity index (χ1v) is 12.2. The van der Waals surface area contributed by atoms with Crippen LogP contribution in [-0.4, -0.2) is 54.0 Å². The van der Waals surface area contributed by atoms with Crippen LogP contribution >= 0.6 is 0 Å². The van der Waals surface area contributed by atoms with Crippen molar-refractivity contribution < 1.29 is 29.2 Å². The fourth-order valence-electron chi connectivity index (χ4n) is 4.25. The molecule has 8 nitrogen and oxygen atoms in total. The lowest BCUT2D eigenvalue weighted by Gasteiger charge is -2.28.